The van der Waals surface area contributed by atoms with Crippen LogP contribution in [-0.2, 0) is 0 Å². The smallest absolute Gasteiger partial charge is 0.423 e. The Labute approximate surface area is 81.3 Å². The SMILES string of the molecule is Cc1ccc([N+](=O)[O-])c(C)c1B(O)O. The van der Waals surface area contributed by atoms with Crippen molar-refractivity contribution >= 4 is 18.3 Å². The predicted octanol–water partition coefficient (Wildman–Crippen LogP) is -0.109. The highest BCUT2D eigenvalue weighted by molar-refractivity contribution is 6.59. The molecule has 0 amide bonds. The lowest BCUT2D eigenvalue weighted by atomic mass is 9.74. The van der Waals surface area contributed by atoms with Gasteiger partial charge in [0.2, 0.25) is 0 Å². The first-order valence-corrected chi connectivity index (χ1v) is 4.05. The fourth-order valence-corrected chi connectivity index (χ4v) is 1.45. The van der Waals surface area contributed by atoms with Crippen LogP contribution in [0, 0.1) is 24.0 Å². The minimum atomic E-state index is -1.67. The molecule has 2 N–H and O–H groups in total. The molecule has 5 nitrogen and oxygen atoms in total. The summed E-state index contributed by atoms with van der Waals surface area (Å²) < 4.78 is 0. The van der Waals surface area contributed by atoms with Crippen LogP contribution in [-0.4, -0.2) is 22.1 Å². The summed E-state index contributed by atoms with van der Waals surface area (Å²) in [5, 5.41) is 28.6. The molecule has 0 saturated heterocycles. The summed E-state index contributed by atoms with van der Waals surface area (Å²) in [6.07, 6.45) is 0. The molecule has 1 aromatic rings. The van der Waals surface area contributed by atoms with Gasteiger partial charge in [-0.05, 0) is 19.3 Å². The molecule has 0 aromatic heterocycles. The molecule has 6 heteroatoms. The van der Waals surface area contributed by atoms with E-state index in [1.165, 1.54) is 19.1 Å². The van der Waals surface area contributed by atoms with E-state index in [1.807, 2.05) is 0 Å². The number of nitro benzene ring substituents is 1. The zero-order valence-electron chi connectivity index (χ0n) is 7.89. The Morgan fingerprint density at radius 3 is 2.36 bits per heavy atom. The van der Waals surface area contributed by atoms with Crippen LogP contribution < -0.4 is 5.46 Å². The summed E-state index contributed by atoms with van der Waals surface area (Å²) in [4.78, 5) is 10.0. The summed E-state index contributed by atoms with van der Waals surface area (Å²) in [5.41, 5.74) is 1.03. The van der Waals surface area contributed by atoms with E-state index in [4.69, 9.17) is 10.0 Å². The summed E-state index contributed by atoms with van der Waals surface area (Å²) in [7, 11) is -1.67. The van der Waals surface area contributed by atoms with Crippen molar-refractivity contribution in [2.45, 2.75) is 13.8 Å². The molecule has 0 aliphatic carbocycles. The summed E-state index contributed by atoms with van der Waals surface area (Å²) in [6.45, 7) is 3.17. The fourth-order valence-electron chi connectivity index (χ4n) is 1.45. The molecule has 74 valence electrons. The van der Waals surface area contributed by atoms with Crippen molar-refractivity contribution in [2.24, 2.45) is 0 Å². The van der Waals surface area contributed by atoms with Gasteiger partial charge in [0.1, 0.15) is 0 Å². The zero-order chi connectivity index (χ0) is 10.9. The molecular formula is C8H10BNO4. The summed E-state index contributed by atoms with van der Waals surface area (Å²) in [6, 6.07) is 2.86. The van der Waals surface area contributed by atoms with Crippen molar-refractivity contribution in [3.63, 3.8) is 0 Å². The third-order valence-corrected chi connectivity index (χ3v) is 2.16. The maximum atomic E-state index is 10.6. The van der Waals surface area contributed by atoms with Gasteiger partial charge >= 0.3 is 7.12 Å². The fraction of sp³-hybridized carbons (Fsp3) is 0.250. The minimum absolute atomic E-state index is 0.0984. The van der Waals surface area contributed by atoms with E-state index in [-0.39, 0.29) is 11.2 Å². The second-order valence-corrected chi connectivity index (χ2v) is 3.07. The van der Waals surface area contributed by atoms with Gasteiger partial charge in [-0.1, -0.05) is 11.6 Å². The maximum absolute atomic E-state index is 10.6. The molecule has 0 unspecified atom stereocenters. The van der Waals surface area contributed by atoms with Crippen molar-refractivity contribution in [3.8, 4) is 0 Å². The third kappa shape index (κ3) is 1.76. The molecule has 0 aliphatic heterocycles. The quantitative estimate of drug-likeness (QED) is 0.391. The molecule has 0 saturated carbocycles. The second kappa shape index (κ2) is 3.77. The van der Waals surface area contributed by atoms with Crippen LogP contribution in [0.3, 0.4) is 0 Å². The summed E-state index contributed by atoms with van der Waals surface area (Å²) >= 11 is 0. The van der Waals surface area contributed by atoms with Crippen LogP contribution in [0.1, 0.15) is 11.1 Å². The number of benzene rings is 1. The van der Waals surface area contributed by atoms with Gasteiger partial charge < -0.3 is 10.0 Å². The van der Waals surface area contributed by atoms with Crippen LogP contribution in [0.5, 0.6) is 0 Å². The Morgan fingerprint density at radius 1 is 1.36 bits per heavy atom. The lowest BCUT2D eigenvalue weighted by molar-refractivity contribution is -0.385. The van der Waals surface area contributed by atoms with Crippen molar-refractivity contribution < 1.29 is 15.0 Å². The average Bonchev–Trinajstić information content (AvgIpc) is 2.02. The Balaban J connectivity index is 3.41. The van der Waals surface area contributed by atoms with Crippen molar-refractivity contribution in [2.75, 3.05) is 0 Å². The van der Waals surface area contributed by atoms with Crippen molar-refractivity contribution in [1.29, 1.82) is 0 Å². The zero-order valence-corrected chi connectivity index (χ0v) is 7.89. The molecule has 0 fully saturated rings. The second-order valence-electron chi connectivity index (χ2n) is 3.07. The topological polar surface area (TPSA) is 83.6 Å². The molecule has 0 spiro atoms. The Kier molecular flexibility index (Phi) is 2.88. The average molecular weight is 195 g/mol. The molecule has 0 aliphatic rings. The number of aryl methyl sites for hydroxylation is 1. The first-order valence-electron chi connectivity index (χ1n) is 4.05. The highest BCUT2D eigenvalue weighted by atomic mass is 16.6. The monoisotopic (exact) mass is 195 g/mol. The van der Waals surface area contributed by atoms with E-state index in [2.05, 4.69) is 0 Å². The standard InChI is InChI=1S/C8H10BNO4/c1-5-3-4-7(10(13)14)6(2)8(5)9(11)12/h3-4,11-12H,1-2H3. The van der Waals surface area contributed by atoms with Crippen LogP contribution in [0.2, 0.25) is 0 Å². The number of hydrogen-bond acceptors (Lipinski definition) is 4. The third-order valence-electron chi connectivity index (χ3n) is 2.16. The normalized spacial score (nSPS) is 10.0. The van der Waals surface area contributed by atoms with Crippen molar-refractivity contribution in [3.05, 3.63) is 33.4 Å². The van der Waals surface area contributed by atoms with Gasteiger partial charge in [0.25, 0.3) is 5.69 Å². The molecule has 0 radical (unpaired) electrons. The van der Waals surface area contributed by atoms with Gasteiger partial charge in [0, 0.05) is 11.6 Å². The number of rotatable bonds is 2. The van der Waals surface area contributed by atoms with E-state index in [0.717, 1.165) is 0 Å². The van der Waals surface area contributed by atoms with Crippen LogP contribution in [0.25, 0.3) is 0 Å². The Morgan fingerprint density at radius 2 is 1.93 bits per heavy atom. The van der Waals surface area contributed by atoms with Gasteiger partial charge in [0.05, 0.1) is 4.92 Å². The molecule has 0 bridgehead atoms. The molecule has 0 atom stereocenters. The minimum Gasteiger partial charge on any atom is -0.423 e. The molecule has 1 aromatic carbocycles. The van der Waals surface area contributed by atoms with Gasteiger partial charge in [-0.3, -0.25) is 10.1 Å². The van der Waals surface area contributed by atoms with Gasteiger partial charge in [-0.25, -0.2) is 0 Å². The molecular weight excluding hydrogens is 185 g/mol. The van der Waals surface area contributed by atoms with Gasteiger partial charge in [-0.2, -0.15) is 0 Å². The van der Waals surface area contributed by atoms with E-state index in [1.54, 1.807) is 6.92 Å². The van der Waals surface area contributed by atoms with Gasteiger partial charge in [0.15, 0.2) is 0 Å². The Bertz CT molecular complexity index is 378. The lowest BCUT2D eigenvalue weighted by Gasteiger charge is -2.08. The first kappa shape index (κ1) is 10.7. The number of hydrogen-bond donors (Lipinski definition) is 2. The van der Waals surface area contributed by atoms with E-state index >= 15 is 0 Å². The van der Waals surface area contributed by atoms with E-state index < -0.39 is 12.0 Å². The Hall–Kier alpha value is -1.40. The van der Waals surface area contributed by atoms with Gasteiger partial charge in [-0.15, -0.1) is 0 Å². The molecule has 14 heavy (non-hydrogen) atoms. The first-order chi connectivity index (χ1) is 6.45. The molecule has 0 heterocycles. The lowest BCUT2D eigenvalue weighted by Crippen LogP contribution is -2.34. The van der Waals surface area contributed by atoms with Crippen LogP contribution >= 0.6 is 0 Å². The van der Waals surface area contributed by atoms with Crippen LogP contribution in [0.4, 0.5) is 5.69 Å². The number of nitro groups is 1. The molecule has 1 rings (SSSR count). The summed E-state index contributed by atoms with van der Waals surface area (Å²) in [5.74, 6) is 0. The van der Waals surface area contributed by atoms with E-state index in [0.29, 0.717) is 11.1 Å². The van der Waals surface area contributed by atoms with E-state index in [9.17, 15) is 10.1 Å². The largest absolute Gasteiger partial charge is 0.489 e. The number of nitrogens with zero attached hydrogens (tertiary/aromatic N) is 1. The highest BCUT2D eigenvalue weighted by Gasteiger charge is 2.23. The predicted molar refractivity (Wildman–Crippen MR) is 52.4 cm³/mol. The van der Waals surface area contributed by atoms with Crippen molar-refractivity contribution in [1.82, 2.24) is 0 Å². The van der Waals surface area contributed by atoms with Crippen LogP contribution in [0.15, 0.2) is 12.1 Å². The highest BCUT2D eigenvalue weighted by Crippen LogP contribution is 2.16. The maximum Gasteiger partial charge on any atom is 0.489 e.